The monoisotopic (exact) mass is 466 g/mol. The largest absolute Gasteiger partial charge is 0.496 e. The van der Waals surface area contributed by atoms with Crippen LogP contribution in [0.3, 0.4) is 0 Å². The molecule has 1 fully saturated rings. The molecule has 1 saturated heterocycles. The van der Waals surface area contributed by atoms with E-state index in [0.29, 0.717) is 45.4 Å². The molecular formula is C26H30N2O6. The summed E-state index contributed by atoms with van der Waals surface area (Å²) < 4.78 is 11.1. The van der Waals surface area contributed by atoms with Gasteiger partial charge in [-0.3, -0.25) is 19.3 Å². The summed E-state index contributed by atoms with van der Waals surface area (Å²) in [5.74, 6) is 0.562. The number of imide groups is 1. The SMILES string of the molecule is COc1cc(CNC(CC(=O)O)c2ccc3c(c2)CCO3)ccc1CCCN1C(=O)CCC1=O. The van der Waals surface area contributed by atoms with Gasteiger partial charge in [-0.2, -0.15) is 0 Å². The molecule has 0 bridgehead atoms. The third kappa shape index (κ3) is 5.56. The first-order chi connectivity index (χ1) is 16.4. The minimum atomic E-state index is -0.864. The smallest absolute Gasteiger partial charge is 0.305 e. The Morgan fingerprint density at radius 3 is 2.68 bits per heavy atom. The highest BCUT2D eigenvalue weighted by atomic mass is 16.5. The van der Waals surface area contributed by atoms with Gasteiger partial charge < -0.3 is 19.9 Å². The van der Waals surface area contributed by atoms with Crippen LogP contribution in [0.25, 0.3) is 0 Å². The second-order valence-electron chi connectivity index (χ2n) is 8.69. The van der Waals surface area contributed by atoms with Crippen LogP contribution in [0.5, 0.6) is 11.5 Å². The lowest BCUT2D eigenvalue weighted by molar-refractivity contribution is -0.139. The van der Waals surface area contributed by atoms with Crippen LogP contribution < -0.4 is 14.8 Å². The van der Waals surface area contributed by atoms with E-state index in [-0.39, 0.29) is 24.3 Å². The minimum Gasteiger partial charge on any atom is -0.496 e. The lowest BCUT2D eigenvalue weighted by Gasteiger charge is -2.19. The van der Waals surface area contributed by atoms with Crippen LogP contribution in [0.4, 0.5) is 0 Å². The number of amides is 2. The third-order valence-corrected chi connectivity index (χ3v) is 6.38. The number of carbonyl (C=O) groups excluding carboxylic acids is 2. The van der Waals surface area contributed by atoms with Gasteiger partial charge in [0.25, 0.3) is 0 Å². The second kappa shape index (κ2) is 10.7. The molecular weight excluding hydrogens is 436 g/mol. The number of hydrogen-bond donors (Lipinski definition) is 2. The van der Waals surface area contributed by atoms with Crippen molar-refractivity contribution in [3.8, 4) is 11.5 Å². The number of rotatable bonds is 11. The highest BCUT2D eigenvalue weighted by Gasteiger charge is 2.28. The summed E-state index contributed by atoms with van der Waals surface area (Å²) in [4.78, 5) is 36.4. The van der Waals surface area contributed by atoms with E-state index in [1.165, 1.54) is 4.90 Å². The molecule has 180 valence electrons. The molecule has 8 heteroatoms. The highest BCUT2D eigenvalue weighted by molar-refractivity contribution is 6.01. The van der Waals surface area contributed by atoms with Crippen molar-refractivity contribution in [2.75, 3.05) is 20.3 Å². The molecule has 0 radical (unpaired) electrons. The average Bonchev–Trinajstić information content (AvgIpc) is 3.43. The molecule has 2 aliphatic heterocycles. The maximum absolute atomic E-state index is 11.8. The number of hydrogen-bond acceptors (Lipinski definition) is 6. The lowest BCUT2D eigenvalue weighted by Crippen LogP contribution is -2.30. The van der Waals surface area contributed by atoms with Crippen molar-refractivity contribution in [2.24, 2.45) is 0 Å². The molecule has 2 amide bonds. The van der Waals surface area contributed by atoms with Gasteiger partial charge in [0.15, 0.2) is 0 Å². The van der Waals surface area contributed by atoms with E-state index in [0.717, 1.165) is 40.2 Å². The topological polar surface area (TPSA) is 105 Å². The van der Waals surface area contributed by atoms with E-state index in [2.05, 4.69) is 5.32 Å². The van der Waals surface area contributed by atoms with Crippen molar-refractivity contribution in [3.63, 3.8) is 0 Å². The van der Waals surface area contributed by atoms with Crippen LogP contribution in [-0.2, 0) is 33.8 Å². The molecule has 2 aromatic rings. The van der Waals surface area contributed by atoms with E-state index in [4.69, 9.17) is 9.47 Å². The molecule has 0 spiro atoms. The fraction of sp³-hybridized carbons (Fsp3) is 0.423. The number of fused-ring (bicyclic) bond motifs is 1. The van der Waals surface area contributed by atoms with Crippen LogP contribution in [-0.4, -0.2) is 48.1 Å². The standard InChI is InChI=1S/C26H30N2O6/c1-33-23-13-17(4-5-18(23)3-2-11-28-24(29)8-9-25(28)30)16-27-21(15-26(31)32)19-6-7-22-20(14-19)10-12-34-22/h4-7,13-14,21,27H,2-3,8-12,15-16H2,1H3,(H,31,32). The van der Waals surface area contributed by atoms with Crippen molar-refractivity contribution in [2.45, 2.75) is 51.1 Å². The molecule has 2 aliphatic rings. The number of nitrogens with one attached hydrogen (secondary N) is 1. The summed E-state index contributed by atoms with van der Waals surface area (Å²) in [6.07, 6.45) is 2.80. The number of aliphatic carboxylic acids is 1. The van der Waals surface area contributed by atoms with Gasteiger partial charge in [-0.1, -0.05) is 24.3 Å². The number of carbonyl (C=O) groups is 3. The van der Waals surface area contributed by atoms with Gasteiger partial charge in [-0.25, -0.2) is 0 Å². The third-order valence-electron chi connectivity index (χ3n) is 6.38. The van der Waals surface area contributed by atoms with Crippen LogP contribution >= 0.6 is 0 Å². The summed E-state index contributed by atoms with van der Waals surface area (Å²) in [5.41, 5.74) is 4.02. The van der Waals surface area contributed by atoms with Crippen LogP contribution in [0.15, 0.2) is 36.4 Å². The zero-order valence-electron chi connectivity index (χ0n) is 19.3. The number of carboxylic acids is 1. The Hall–Kier alpha value is -3.39. The van der Waals surface area contributed by atoms with E-state index in [1.54, 1.807) is 7.11 Å². The first kappa shape index (κ1) is 23.8. The molecule has 2 N–H and O–H groups in total. The molecule has 0 aliphatic carbocycles. The Morgan fingerprint density at radius 2 is 1.94 bits per heavy atom. The summed E-state index contributed by atoms with van der Waals surface area (Å²) in [6, 6.07) is 11.5. The van der Waals surface area contributed by atoms with Crippen LogP contribution in [0.2, 0.25) is 0 Å². The van der Waals surface area contributed by atoms with Gasteiger partial charge >= 0.3 is 5.97 Å². The summed E-state index contributed by atoms with van der Waals surface area (Å²) in [5, 5.41) is 12.8. The molecule has 4 rings (SSSR count). The molecule has 1 unspecified atom stereocenters. The molecule has 8 nitrogen and oxygen atoms in total. The van der Waals surface area contributed by atoms with Gasteiger partial charge in [0.2, 0.25) is 11.8 Å². The van der Waals surface area contributed by atoms with Gasteiger partial charge in [0.05, 0.1) is 20.1 Å². The zero-order valence-corrected chi connectivity index (χ0v) is 19.3. The number of methoxy groups -OCH3 is 1. The minimum absolute atomic E-state index is 0.0250. The number of carboxylic acid groups (broad SMARTS) is 1. The number of aryl methyl sites for hydroxylation is 1. The molecule has 0 aromatic heterocycles. The fourth-order valence-electron chi connectivity index (χ4n) is 4.55. The average molecular weight is 467 g/mol. The van der Waals surface area contributed by atoms with Gasteiger partial charge in [-0.15, -0.1) is 0 Å². The zero-order chi connectivity index (χ0) is 24.1. The summed E-state index contributed by atoms with van der Waals surface area (Å²) >= 11 is 0. The van der Waals surface area contributed by atoms with Crippen molar-refractivity contribution < 1.29 is 29.0 Å². The first-order valence-corrected chi connectivity index (χ1v) is 11.6. The molecule has 34 heavy (non-hydrogen) atoms. The molecule has 2 heterocycles. The predicted molar refractivity (Wildman–Crippen MR) is 125 cm³/mol. The number of benzene rings is 2. The Morgan fingerprint density at radius 1 is 1.15 bits per heavy atom. The van der Waals surface area contributed by atoms with Crippen molar-refractivity contribution in [3.05, 3.63) is 58.7 Å². The normalized spacial score (nSPS) is 15.9. The number of likely N-dealkylation sites (tertiary alicyclic amines) is 1. The van der Waals surface area contributed by atoms with Crippen molar-refractivity contribution in [1.82, 2.24) is 10.2 Å². The van der Waals surface area contributed by atoms with Crippen molar-refractivity contribution in [1.29, 1.82) is 0 Å². The maximum Gasteiger partial charge on any atom is 0.305 e. The maximum atomic E-state index is 11.8. The van der Waals surface area contributed by atoms with E-state index < -0.39 is 5.97 Å². The predicted octanol–water partition coefficient (Wildman–Crippen LogP) is 3.02. The van der Waals surface area contributed by atoms with E-state index in [1.807, 2.05) is 36.4 Å². The molecule has 1 atom stereocenters. The quantitative estimate of drug-likeness (QED) is 0.491. The number of ether oxygens (including phenoxy) is 2. The van der Waals surface area contributed by atoms with E-state index in [9.17, 15) is 19.5 Å². The Bertz CT molecular complexity index is 1070. The van der Waals surface area contributed by atoms with Crippen LogP contribution in [0.1, 0.15) is 54.0 Å². The van der Waals surface area contributed by atoms with Crippen molar-refractivity contribution >= 4 is 17.8 Å². The van der Waals surface area contributed by atoms with Gasteiger partial charge in [-0.05, 0) is 47.2 Å². The van der Waals surface area contributed by atoms with Gasteiger partial charge in [0.1, 0.15) is 11.5 Å². The lowest BCUT2D eigenvalue weighted by atomic mass is 9.99. The first-order valence-electron chi connectivity index (χ1n) is 11.6. The Balaban J connectivity index is 1.38. The Labute approximate surface area is 198 Å². The fourth-order valence-corrected chi connectivity index (χ4v) is 4.55. The second-order valence-corrected chi connectivity index (χ2v) is 8.69. The highest BCUT2D eigenvalue weighted by Crippen LogP contribution is 2.30. The molecule has 2 aromatic carbocycles. The van der Waals surface area contributed by atoms with E-state index >= 15 is 0 Å². The number of nitrogens with zero attached hydrogens (tertiary/aromatic N) is 1. The van der Waals surface area contributed by atoms with Gasteiger partial charge in [0, 0.05) is 38.4 Å². The Kier molecular flexibility index (Phi) is 7.47. The molecule has 0 saturated carbocycles. The van der Waals surface area contributed by atoms with Crippen LogP contribution in [0, 0.1) is 0 Å². The summed E-state index contributed by atoms with van der Waals surface area (Å²) in [7, 11) is 1.61. The summed E-state index contributed by atoms with van der Waals surface area (Å²) in [6.45, 7) is 1.57.